The molecule has 1 aromatic carbocycles. The van der Waals surface area contributed by atoms with Crippen molar-refractivity contribution in [2.45, 2.75) is 13.5 Å². The highest BCUT2D eigenvalue weighted by Gasteiger charge is 2.16. The number of nitrogens with zero attached hydrogens (tertiary/aromatic N) is 4. The fourth-order valence-electron chi connectivity index (χ4n) is 2.08. The van der Waals surface area contributed by atoms with Crippen molar-refractivity contribution >= 4 is 16.9 Å². The molecule has 1 amide bonds. The van der Waals surface area contributed by atoms with Crippen LogP contribution in [0.3, 0.4) is 0 Å². The number of rotatable bonds is 6. The van der Waals surface area contributed by atoms with Gasteiger partial charge in [-0.3, -0.25) is 4.79 Å². The Hall–Kier alpha value is -1.99. The fourth-order valence-corrected chi connectivity index (χ4v) is 2.08. The molecule has 0 radical (unpaired) electrons. The molecular weight excluding hydrogens is 260 g/mol. The van der Waals surface area contributed by atoms with Gasteiger partial charge in [-0.1, -0.05) is 5.21 Å². The van der Waals surface area contributed by atoms with Gasteiger partial charge in [-0.25, -0.2) is 4.68 Å². The third-order valence-corrected chi connectivity index (χ3v) is 3.09. The number of carbonyl (C=O) groups is 1. The first-order valence-electron chi connectivity index (χ1n) is 6.55. The molecule has 0 saturated carbocycles. The van der Waals surface area contributed by atoms with Crippen LogP contribution in [0.4, 0.5) is 0 Å². The predicted octanol–water partition coefficient (Wildman–Crippen LogP) is -0.122. The van der Waals surface area contributed by atoms with Gasteiger partial charge >= 0.3 is 0 Å². The van der Waals surface area contributed by atoms with Crippen molar-refractivity contribution in [3.63, 3.8) is 0 Å². The summed E-state index contributed by atoms with van der Waals surface area (Å²) in [7, 11) is 0. The summed E-state index contributed by atoms with van der Waals surface area (Å²) in [6, 6.07) is 5.20. The molecule has 0 saturated heterocycles. The summed E-state index contributed by atoms with van der Waals surface area (Å²) in [5.41, 5.74) is 2.01. The second-order valence-electron chi connectivity index (χ2n) is 4.35. The Balaban J connectivity index is 2.29. The van der Waals surface area contributed by atoms with Crippen LogP contribution in [0.15, 0.2) is 18.2 Å². The molecule has 0 unspecified atom stereocenters. The van der Waals surface area contributed by atoms with Gasteiger partial charge in [-0.05, 0) is 25.1 Å². The van der Waals surface area contributed by atoms with Gasteiger partial charge in [0.15, 0.2) is 0 Å². The van der Waals surface area contributed by atoms with Gasteiger partial charge in [0, 0.05) is 25.2 Å². The largest absolute Gasteiger partial charge is 0.395 e. The average molecular weight is 278 g/mol. The van der Waals surface area contributed by atoms with Gasteiger partial charge < -0.3 is 15.1 Å². The molecule has 0 bridgehead atoms. The molecule has 2 rings (SSSR count). The van der Waals surface area contributed by atoms with Crippen molar-refractivity contribution < 1.29 is 15.0 Å². The summed E-state index contributed by atoms with van der Waals surface area (Å²) >= 11 is 0. The quantitative estimate of drug-likeness (QED) is 0.768. The number of benzene rings is 1. The molecule has 0 atom stereocenters. The smallest absolute Gasteiger partial charge is 0.254 e. The van der Waals surface area contributed by atoms with Crippen LogP contribution >= 0.6 is 0 Å². The first-order valence-corrected chi connectivity index (χ1v) is 6.55. The number of amides is 1. The van der Waals surface area contributed by atoms with Crippen LogP contribution in [0.2, 0.25) is 0 Å². The Kier molecular flexibility index (Phi) is 4.65. The highest BCUT2D eigenvalue weighted by Crippen LogP contribution is 2.15. The molecular formula is C13H18N4O3. The monoisotopic (exact) mass is 278 g/mol. The van der Waals surface area contributed by atoms with Crippen LogP contribution in [-0.4, -0.2) is 62.3 Å². The van der Waals surface area contributed by atoms with E-state index in [4.69, 9.17) is 10.2 Å². The second kappa shape index (κ2) is 6.44. The van der Waals surface area contributed by atoms with E-state index in [1.54, 1.807) is 16.8 Å². The zero-order valence-corrected chi connectivity index (χ0v) is 11.4. The predicted molar refractivity (Wildman–Crippen MR) is 73.3 cm³/mol. The molecule has 0 aliphatic heterocycles. The van der Waals surface area contributed by atoms with Crippen LogP contribution in [0.25, 0.3) is 11.0 Å². The number of hydrogen-bond donors (Lipinski definition) is 2. The first-order chi connectivity index (χ1) is 9.71. The maximum atomic E-state index is 12.3. The lowest BCUT2D eigenvalue weighted by atomic mass is 10.1. The molecule has 0 fully saturated rings. The highest BCUT2D eigenvalue weighted by atomic mass is 16.3. The Bertz CT molecular complexity index is 590. The number of aryl methyl sites for hydroxylation is 1. The van der Waals surface area contributed by atoms with Crippen molar-refractivity contribution in [3.8, 4) is 0 Å². The Morgan fingerprint density at radius 1 is 1.30 bits per heavy atom. The van der Waals surface area contributed by atoms with Gasteiger partial charge in [0.2, 0.25) is 0 Å². The number of aromatic nitrogens is 3. The lowest BCUT2D eigenvalue weighted by Gasteiger charge is -2.20. The SMILES string of the molecule is CCn1nnc2cc(C(=O)N(CCO)CCO)ccc21. The second-order valence-corrected chi connectivity index (χ2v) is 4.35. The average Bonchev–Trinajstić information content (AvgIpc) is 2.88. The number of aliphatic hydroxyl groups is 2. The molecule has 0 aliphatic rings. The van der Waals surface area contributed by atoms with Gasteiger partial charge in [0.25, 0.3) is 5.91 Å². The van der Waals surface area contributed by atoms with Crippen LogP contribution in [-0.2, 0) is 6.54 Å². The van der Waals surface area contributed by atoms with E-state index in [-0.39, 0.29) is 32.2 Å². The van der Waals surface area contributed by atoms with Crippen LogP contribution < -0.4 is 0 Å². The zero-order valence-electron chi connectivity index (χ0n) is 11.4. The lowest BCUT2D eigenvalue weighted by Crippen LogP contribution is -2.35. The molecule has 2 N–H and O–H groups in total. The maximum Gasteiger partial charge on any atom is 0.254 e. The minimum absolute atomic E-state index is 0.139. The molecule has 0 aliphatic carbocycles. The van der Waals surface area contributed by atoms with E-state index < -0.39 is 0 Å². The Morgan fingerprint density at radius 3 is 2.60 bits per heavy atom. The number of hydrogen-bond acceptors (Lipinski definition) is 5. The van der Waals surface area contributed by atoms with Crippen LogP contribution in [0.1, 0.15) is 17.3 Å². The summed E-state index contributed by atoms with van der Waals surface area (Å²) in [4.78, 5) is 13.7. The molecule has 7 heteroatoms. The van der Waals surface area contributed by atoms with Gasteiger partial charge in [0.1, 0.15) is 5.52 Å². The fraction of sp³-hybridized carbons (Fsp3) is 0.462. The zero-order chi connectivity index (χ0) is 14.5. The van der Waals surface area contributed by atoms with E-state index in [2.05, 4.69) is 10.3 Å². The van der Waals surface area contributed by atoms with Crippen molar-refractivity contribution in [1.29, 1.82) is 0 Å². The summed E-state index contributed by atoms with van der Waals surface area (Å²) in [5, 5.41) is 26.0. The van der Waals surface area contributed by atoms with E-state index in [0.717, 1.165) is 5.52 Å². The van der Waals surface area contributed by atoms with Gasteiger partial charge in [0.05, 0.1) is 18.7 Å². The van der Waals surface area contributed by atoms with Crippen LogP contribution in [0.5, 0.6) is 0 Å². The minimum Gasteiger partial charge on any atom is -0.395 e. The maximum absolute atomic E-state index is 12.3. The van der Waals surface area contributed by atoms with E-state index in [1.165, 1.54) is 4.90 Å². The lowest BCUT2D eigenvalue weighted by molar-refractivity contribution is 0.0685. The number of carbonyl (C=O) groups excluding carboxylic acids is 1. The number of aliphatic hydroxyl groups excluding tert-OH is 2. The molecule has 0 spiro atoms. The summed E-state index contributed by atoms with van der Waals surface area (Å²) in [6.07, 6.45) is 0. The summed E-state index contributed by atoms with van der Waals surface area (Å²) in [6.45, 7) is 2.79. The van der Waals surface area contributed by atoms with E-state index >= 15 is 0 Å². The normalized spacial score (nSPS) is 10.9. The molecule has 7 nitrogen and oxygen atoms in total. The number of fused-ring (bicyclic) bond motifs is 1. The van der Waals surface area contributed by atoms with E-state index in [1.807, 2.05) is 13.0 Å². The van der Waals surface area contributed by atoms with Crippen LogP contribution in [0, 0.1) is 0 Å². The minimum atomic E-state index is -0.235. The molecule has 1 heterocycles. The van der Waals surface area contributed by atoms with Crippen molar-refractivity contribution in [2.75, 3.05) is 26.3 Å². The summed E-state index contributed by atoms with van der Waals surface area (Å²) in [5.74, 6) is -0.235. The topological polar surface area (TPSA) is 91.5 Å². The van der Waals surface area contributed by atoms with Gasteiger partial charge in [-0.15, -0.1) is 5.10 Å². The third-order valence-electron chi connectivity index (χ3n) is 3.09. The van der Waals surface area contributed by atoms with Crippen molar-refractivity contribution in [1.82, 2.24) is 19.9 Å². The van der Waals surface area contributed by atoms with Crippen molar-refractivity contribution in [2.24, 2.45) is 0 Å². The van der Waals surface area contributed by atoms with Crippen molar-refractivity contribution in [3.05, 3.63) is 23.8 Å². The molecule has 20 heavy (non-hydrogen) atoms. The van der Waals surface area contributed by atoms with E-state index in [9.17, 15) is 4.79 Å². The van der Waals surface area contributed by atoms with Gasteiger partial charge in [-0.2, -0.15) is 0 Å². The first kappa shape index (κ1) is 14.4. The molecule has 2 aromatic rings. The standard InChI is InChI=1S/C13H18N4O3/c1-2-17-12-4-3-10(9-11(12)14-15-17)13(20)16(5-7-18)6-8-19/h3-4,9,18-19H,2,5-8H2,1H3. The summed E-state index contributed by atoms with van der Waals surface area (Å²) < 4.78 is 1.75. The third kappa shape index (κ3) is 2.78. The highest BCUT2D eigenvalue weighted by molar-refractivity contribution is 5.97. The molecule has 108 valence electrons. The Morgan fingerprint density at radius 2 is 2.00 bits per heavy atom. The Labute approximate surface area is 116 Å². The van der Waals surface area contributed by atoms with E-state index in [0.29, 0.717) is 17.6 Å². The molecule has 1 aromatic heterocycles.